The number of carbonyl (C=O) groups is 2. The van der Waals surface area contributed by atoms with E-state index in [1.165, 1.54) is 12.1 Å². The zero-order valence-corrected chi connectivity index (χ0v) is 16.9. The molecule has 2 aliphatic heterocycles. The Labute approximate surface area is 172 Å². The second-order valence-electron chi connectivity index (χ2n) is 7.53. The van der Waals surface area contributed by atoms with Crippen LogP contribution in [0.5, 0.6) is 0 Å². The van der Waals surface area contributed by atoms with Crippen molar-refractivity contribution >= 4 is 34.6 Å². The molecule has 0 unspecified atom stereocenters. The predicted molar refractivity (Wildman–Crippen MR) is 112 cm³/mol. The number of hydrogen-bond acceptors (Lipinski definition) is 4. The summed E-state index contributed by atoms with van der Waals surface area (Å²) in [5.74, 6) is -2.33. The second kappa shape index (κ2) is 6.98. The van der Waals surface area contributed by atoms with E-state index in [0.29, 0.717) is 11.4 Å². The van der Waals surface area contributed by atoms with Crippen molar-refractivity contribution in [1.29, 1.82) is 0 Å². The summed E-state index contributed by atoms with van der Waals surface area (Å²) in [7, 11) is 7.20. The minimum Gasteiger partial charge on any atom is -0.378 e. The van der Waals surface area contributed by atoms with Crippen molar-refractivity contribution < 1.29 is 18.4 Å². The molecule has 0 saturated carbocycles. The fraction of sp³-hybridized carbons (Fsp3) is 0.182. The number of halogens is 2. The molecule has 154 valence electrons. The van der Waals surface area contributed by atoms with Gasteiger partial charge in [-0.05, 0) is 36.4 Å². The largest absolute Gasteiger partial charge is 0.378 e. The van der Waals surface area contributed by atoms with Crippen molar-refractivity contribution in [3.05, 3.63) is 70.3 Å². The van der Waals surface area contributed by atoms with Gasteiger partial charge in [0.05, 0.1) is 22.5 Å². The topological polar surface area (TPSA) is 64.7 Å². The van der Waals surface area contributed by atoms with Crippen LogP contribution in [0.15, 0.2) is 47.5 Å². The van der Waals surface area contributed by atoms with Crippen LogP contribution in [0, 0.1) is 11.6 Å². The molecule has 0 atom stereocenters. The summed E-state index contributed by atoms with van der Waals surface area (Å²) in [6.45, 7) is 0. The van der Waals surface area contributed by atoms with Gasteiger partial charge in [0.15, 0.2) is 0 Å². The lowest BCUT2D eigenvalue weighted by Crippen LogP contribution is -2.22. The monoisotopic (exact) mass is 410 g/mol. The maximum atomic E-state index is 14.6. The standard InChI is InChI=1S/C22H20F2N4O2/c1-27(2)11-5-7-15(23)13(9-11)19-17-18(22(30)25-19)20(26-21(17)29)14-10-12(28(3)4)6-8-16(14)24/h5-10H,1-4H3,(H,25,30)(H,26,29). The molecule has 2 aromatic carbocycles. The van der Waals surface area contributed by atoms with Crippen molar-refractivity contribution in [2.75, 3.05) is 38.0 Å². The highest BCUT2D eigenvalue weighted by atomic mass is 19.1. The first-order valence-corrected chi connectivity index (χ1v) is 9.25. The molecular formula is C22H20F2N4O2. The average Bonchev–Trinajstić information content (AvgIpc) is 3.21. The molecule has 2 N–H and O–H groups in total. The Morgan fingerprint density at radius 2 is 1.03 bits per heavy atom. The number of nitrogens with zero attached hydrogens (tertiary/aromatic N) is 2. The molecule has 0 aromatic heterocycles. The van der Waals surface area contributed by atoms with Gasteiger partial charge in [-0.1, -0.05) is 0 Å². The van der Waals surface area contributed by atoms with Crippen LogP contribution < -0.4 is 20.4 Å². The molecule has 0 radical (unpaired) electrons. The van der Waals surface area contributed by atoms with E-state index in [1.807, 2.05) is 0 Å². The maximum Gasteiger partial charge on any atom is 0.258 e. The number of carbonyl (C=O) groups excluding carboxylic acids is 2. The van der Waals surface area contributed by atoms with Crippen molar-refractivity contribution in [3.8, 4) is 0 Å². The first kappa shape index (κ1) is 19.6. The number of fused-ring (bicyclic) bond motifs is 1. The first-order chi connectivity index (χ1) is 14.2. The van der Waals surface area contributed by atoms with Gasteiger partial charge in [-0.25, -0.2) is 8.78 Å². The molecule has 2 heterocycles. The lowest BCUT2D eigenvalue weighted by atomic mass is 10.0. The number of benzene rings is 2. The number of hydrogen-bond donors (Lipinski definition) is 2. The summed E-state index contributed by atoms with van der Waals surface area (Å²) in [4.78, 5) is 29.1. The summed E-state index contributed by atoms with van der Waals surface area (Å²) in [5, 5.41) is 5.19. The summed E-state index contributed by atoms with van der Waals surface area (Å²) < 4.78 is 29.2. The van der Waals surface area contributed by atoms with Gasteiger partial charge >= 0.3 is 0 Å². The quantitative estimate of drug-likeness (QED) is 0.813. The zero-order valence-electron chi connectivity index (χ0n) is 16.9. The van der Waals surface area contributed by atoms with Crippen LogP contribution in [0.1, 0.15) is 11.1 Å². The second-order valence-corrected chi connectivity index (χ2v) is 7.53. The van der Waals surface area contributed by atoms with Crippen molar-refractivity contribution in [2.24, 2.45) is 0 Å². The van der Waals surface area contributed by atoms with Gasteiger partial charge in [0.25, 0.3) is 11.8 Å². The summed E-state index contributed by atoms with van der Waals surface area (Å²) in [6, 6.07) is 8.86. The molecule has 30 heavy (non-hydrogen) atoms. The van der Waals surface area contributed by atoms with E-state index in [2.05, 4.69) is 10.6 Å². The minimum absolute atomic E-state index is 0.0134. The van der Waals surface area contributed by atoms with E-state index in [0.717, 1.165) is 0 Å². The van der Waals surface area contributed by atoms with Gasteiger partial charge in [0.1, 0.15) is 11.6 Å². The van der Waals surface area contributed by atoms with Crippen molar-refractivity contribution in [1.82, 2.24) is 10.6 Å². The normalized spacial score (nSPS) is 15.4. The van der Waals surface area contributed by atoms with Gasteiger partial charge in [-0.3, -0.25) is 9.59 Å². The molecule has 6 nitrogen and oxygen atoms in total. The molecule has 2 aliphatic rings. The Kier molecular flexibility index (Phi) is 4.57. The fourth-order valence-corrected chi connectivity index (χ4v) is 3.55. The third kappa shape index (κ3) is 3.01. The van der Waals surface area contributed by atoms with Gasteiger partial charge in [0, 0.05) is 50.7 Å². The van der Waals surface area contributed by atoms with Gasteiger partial charge < -0.3 is 20.4 Å². The molecule has 0 spiro atoms. The van der Waals surface area contributed by atoms with Crippen LogP contribution in [0.4, 0.5) is 20.2 Å². The van der Waals surface area contributed by atoms with Crippen LogP contribution in [-0.4, -0.2) is 40.0 Å². The summed E-state index contributed by atoms with van der Waals surface area (Å²) in [5.41, 5.74) is 1.78. The molecule has 2 amide bonds. The lowest BCUT2D eigenvalue weighted by molar-refractivity contribution is -0.117. The molecular weight excluding hydrogens is 390 g/mol. The average molecular weight is 410 g/mol. The zero-order chi connectivity index (χ0) is 21.7. The molecule has 2 aromatic rings. The van der Waals surface area contributed by atoms with Crippen molar-refractivity contribution in [3.63, 3.8) is 0 Å². The Morgan fingerprint density at radius 1 is 0.667 bits per heavy atom. The van der Waals surface area contributed by atoms with Crippen LogP contribution in [0.2, 0.25) is 0 Å². The van der Waals surface area contributed by atoms with E-state index < -0.39 is 23.4 Å². The highest BCUT2D eigenvalue weighted by molar-refractivity contribution is 6.30. The fourth-order valence-electron chi connectivity index (χ4n) is 3.55. The van der Waals surface area contributed by atoms with Crippen LogP contribution in [0.25, 0.3) is 11.4 Å². The number of amides is 2. The van der Waals surface area contributed by atoms with E-state index in [1.54, 1.807) is 62.3 Å². The Bertz CT molecular complexity index is 1070. The first-order valence-electron chi connectivity index (χ1n) is 9.25. The molecule has 4 rings (SSSR count). The van der Waals surface area contributed by atoms with Gasteiger partial charge in [-0.2, -0.15) is 0 Å². The van der Waals surface area contributed by atoms with Crippen LogP contribution in [0.3, 0.4) is 0 Å². The highest BCUT2D eigenvalue weighted by Crippen LogP contribution is 2.39. The van der Waals surface area contributed by atoms with E-state index in [9.17, 15) is 18.4 Å². The van der Waals surface area contributed by atoms with Crippen LogP contribution in [-0.2, 0) is 9.59 Å². The number of nitrogens with one attached hydrogen (secondary N) is 2. The van der Waals surface area contributed by atoms with E-state index in [-0.39, 0.29) is 33.7 Å². The third-order valence-corrected chi connectivity index (χ3v) is 5.15. The Morgan fingerprint density at radius 3 is 1.37 bits per heavy atom. The molecule has 8 heteroatoms. The highest BCUT2D eigenvalue weighted by Gasteiger charge is 2.42. The van der Waals surface area contributed by atoms with E-state index in [4.69, 9.17) is 0 Å². The third-order valence-electron chi connectivity index (χ3n) is 5.15. The Balaban J connectivity index is 1.93. The van der Waals surface area contributed by atoms with Gasteiger partial charge in [-0.15, -0.1) is 0 Å². The number of anilines is 2. The molecule has 0 aliphatic carbocycles. The lowest BCUT2D eigenvalue weighted by Gasteiger charge is -2.16. The molecule has 0 bridgehead atoms. The summed E-state index contributed by atoms with van der Waals surface area (Å²) in [6.07, 6.45) is 0. The van der Waals surface area contributed by atoms with Gasteiger partial charge in [0.2, 0.25) is 0 Å². The number of rotatable bonds is 4. The Hall–Kier alpha value is -3.68. The molecule has 0 fully saturated rings. The SMILES string of the molecule is CN(C)c1ccc(F)c(C2=C3C(=O)NC(c4cc(N(C)C)ccc4F)=C3C(=O)N2)c1. The van der Waals surface area contributed by atoms with Crippen LogP contribution >= 0.6 is 0 Å². The predicted octanol–water partition coefficient (Wildman–Crippen LogP) is 2.48. The summed E-state index contributed by atoms with van der Waals surface area (Å²) >= 11 is 0. The van der Waals surface area contributed by atoms with E-state index >= 15 is 0 Å². The van der Waals surface area contributed by atoms with Crippen molar-refractivity contribution in [2.45, 2.75) is 0 Å². The smallest absolute Gasteiger partial charge is 0.258 e. The minimum atomic E-state index is -0.585. The maximum absolute atomic E-state index is 14.6. The molecule has 0 saturated heterocycles.